The van der Waals surface area contributed by atoms with Crippen molar-refractivity contribution >= 4 is 0 Å². The highest BCUT2D eigenvalue weighted by Gasteiger charge is 1.94. The number of rotatable bonds is 3. The highest BCUT2D eigenvalue weighted by atomic mass is 14.5. The van der Waals surface area contributed by atoms with Crippen LogP contribution in [-0.2, 0) is 0 Å². The molecular weight excluding hydrogens is 122 g/mol. The largest absolute Gasteiger partial charge is 0.405 e. The van der Waals surface area contributed by atoms with Gasteiger partial charge in [0.05, 0.1) is 0 Å². The molecule has 0 heterocycles. The summed E-state index contributed by atoms with van der Waals surface area (Å²) in [6.45, 7) is 7.94. The number of nitrogens with two attached hydrogens (primary N) is 1. The first-order chi connectivity index (χ1) is 4.72. The van der Waals surface area contributed by atoms with E-state index in [1.54, 1.807) is 0 Å². The second-order valence-corrected chi connectivity index (χ2v) is 2.41. The first-order valence-electron chi connectivity index (χ1n) is 3.43. The lowest BCUT2D eigenvalue weighted by Gasteiger charge is -2.02. The molecular formula is C9H15N. The molecule has 0 spiro atoms. The SMILES string of the molecule is C=C/C(=C\C=C\N)C(C)C. The van der Waals surface area contributed by atoms with Crippen molar-refractivity contribution < 1.29 is 0 Å². The minimum atomic E-state index is 0.522. The zero-order valence-corrected chi connectivity index (χ0v) is 6.67. The predicted octanol–water partition coefficient (Wildman–Crippen LogP) is 2.23. The molecule has 1 heteroatoms. The summed E-state index contributed by atoms with van der Waals surface area (Å²) in [6, 6.07) is 0. The second kappa shape index (κ2) is 4.86. The van der Waals surface area contributed by atoms with Gasteiger partial charge in [-0.2, -0.15) is 0 Å². The summed E-state index contributed by atoms with van der Waals surface area (Å²) in [5.74, 6) is 0.522. The van der Waals surface area contributed by atoms with Crippen molar-refractivity contribution in [2.75, 3.05) is 0 Å². The Balaban J connectivity index is 4.18. The lowest BCUT2D eigenvalue weighted by atomic mass is 10.0. The average Bonchev–Trinajstić information content (AvgIpc) is 1.89. The molecule has 0 aromatic carbocycles. The van der Waals surface area contributed by atoms with Gasteiger partial charge < -0.3 is 5.73 Å². The fraction of sp³-hybridized carbons (Fsp3) is 0.333. The molecule has 0 aromatic heterocycles. The fourth-order valence-corrected chi connectivity index (χ4v) is 0.663. The van der Waals surface area contributed by atoms with Crippen LogP contribution in [0.4, 0.5) is 0 Å². The van der Waals surface area contributed by atoms with Gasteiger partial charge in [-0.1, -0.05) is 32.6 Å². The summed E-state index contributed by atoms with van der Waals surface area (Å²) < 4.78 is 0. The molecule has 56 valence electrons. The van der Waals surface area contributed by atoms with Crippen molar-refractivity contribution in [3.8, 4) is 0 Å². The third kappa shape index (κ3) is 3.13. The number of hydrogen-bond donors (Lipinski definition) is 1. The summed E-state index contributed by atoms with van der Waals surface area (Å²) in [5, 5.41) is 0. The minimum Gasteiger partial charge on any atom is -0.405 e. The van der Waals surface area contributed by atoms with E-state index in [9.17, 15) is 0 Å². The van der Waals surface area contributed by atoms with Crippen LogP contribution < -0.4 is 5.73 Å². The molecule has 10 heavy (non-hydrogen) atoms. The van der Waals surface area contributed by atoms with E-state index in [2.05, 4.69) is 20.4 Å². The summed E-state index contributed by atoms with van der Waals surface area (Å²) in [4.78, 5) is 0. The molecule has 0 amide bonds. The van der Waals surface area contributed by atoms with Crippen LogP contribution in [0.25, 0.3) is 0 Å². The minimum absolute atomic E-state index is 0.522. The smallest absolute Gasteiger partial charge is 0.00623 e. The van der Waals surface area contributed by atoms with Gasteiger partial charge in [-0.25, -0.2) is 0 Å². The Kier molecular flexibility index (Phi) is 4.38. The summed E-state index contributed by atoms with van der Waals surface area (Å²) in [7, 11) is 0. The Bertz CT molecular complexity index is 152. The Morgan fingerprint density at radius 2 is 2.10 bits per heavy atom. The first kappa shape index (κ1) is 9.02. The number of hydrogen-bond acceptors (Lipinski definition) is 1. The van der Waals surface area contributed by atoms with E-state index < -0.39 is 0 Å². The predicted molar refractivity (Wildman–Crippen MR) is 46.4 cm³/mol. The van der Waals surface area contributed by atoms with E-state index in [1.807, 2.05) is 18.2 Å². The standard InChI is InChI=1S/C9H15N/c1-4-9(8(2)3)6-5-7-10/h4-8H,1,10H2,2-3H3/b7-5+,9-6+. The maximum atomic E-state index is 5.17. The molecule has 0 bridgehead atoms. The molecule has 0 aliphatic rings. The van der Waals surface area contributed by atoms with Crippen molar-refractivity contribution in [3.63, 3.8) is 0 Å². The molecule has 0 saturated carbocycles. The molecule has 0 rings (SSSR count). The van der Waals surface area contributed by atoms with Crippen LogP contribution in [0, 0.1) is 5.92 Å². The average molecular weight is 137 g/mol. The molecule has 0 fully saturated rings. The zero-order valence-electron chi connectivity index (χ0n) is 6.67. The van der Waals surface area contributed by atoms with Gasteiger partial charge in [-0.3, -0.25) is 0 Å². The van der Waals surface area contributed by atoms with Crippen LogP contribution in [-0.4, -0.2) is 0 Å². The molecule has 0 aromatic rings. The first-order valence-corrected chi connectivity index (χ1v) is 3.43. The molecule has 0 aliphatic carbocycles. The van der Waals surface area contributed by atoms with Gasteiger partial charge in [-0.15, -0.1) is 0 Å². The summed E-state index contributed by atoms with van der Waals surface area (Å²) >= 11 is 0. The van der Waals surface area contributed by atoms with Crippen molar-refractivity contribution in [3.05, 3.63) is 36.6 Å². The molecule has 0 unspecified atom stereocenters. The maximum absolute atomic E-state index is 5.17. The fourth-order valence-electron chi connectivity index (χ4n) is 0.663. The third-order valence-electron chi connectivity index (χ3n) is 1.30. The molecule has 0 saturated heterocycles. The lowest BCUT2D eigenvalue weighted by molar-refractivity contribution is 0.792. The van der Waals surface area contributed by atoms with Crippen molar-refractivity contribution in [2.24, 2.45) is 11.7 Å². The monoisotopic (exact) mass is 137 g/mol. The van der Waals surface area contributed by atoms with Gasteiger partial charge in [0.2, 0.25) is 0 Å². The molecule has 0 radical (unpaired) electrons. The van der Waals surface area contributed by atoms with Crippen LogP contribution in [0.1, 0.15) is 13.8 Å². The maximum Gasteiger partial charge on any atom is -0.00623 e. The Morgan fingerprint density at radius 1 is 1.50 bits per heavy atom. The lowest BCUT2D eigenvalue weighted by Crippen LogP contribution is -1.88. The van der Waals surface area contributed by atoms with E-state index in [4.69, 9.17) is 5.73 Å². The van der Waals surface area contributed by atoms with Crippen LogP contribution >= 0.6 is 0 Å². The van der Waals surface area contributed by atoms with E-state index in [-0.39, 0.29) is 0 Å². The zero-order chi connectivity index (χ0) is 7.98. The summed E-state index contributed by atoms with van der Waals surface area (Å²) in [5.41, 5.74) is 6.38. The van der Waals surface area contributed by atoms with Gasteiger partial charge in [0.15, 0.2) is 0 Å². The van der Waals surface area contributed by atoms with Gasteiger partial charge in [0.25, 0.3) is 0 Å². The second-order valence-electron chi connectivity index (χ2n) is 2.41. The highest BCUT2D eigenvalue weighted by molar-refractivity contribution is 5.23. The Labute approximate surface area is 62.9 Å². The van der Waals surface area contributed by atoms with Crippen molar-refractivity contribution in [1.29, 1.82) is 0 Å². The van der Waals surface area contributed by atoms with Gasteiger partial charge in [0, 0.05) is 0 Å². The molecule has 1 nitrogen and oxygen atoms in total. The van der Waals surface area contributed by atoms with Gasteiger partial charge in [0.1, 0.15) is 0 Å². The normalized spacial score (nSPS) is 12.9. The van der Waals surface area contributed by atoms with Crippen LogP contribution in [0.15, 0.2) is 36.6 Å². The molecule has 2 N–H and O–H groups in total. The highest BCUT2D eigenvalue weighted by Crippen LogP contribution is 2.09. The van der Waals surface area contributed by atoms with Crippen molar-refractivity contribution in [2.45, 2.75) is 13.8 Å². The summed E-state index contributed by atoms with van der Waals surface area (Å²) in [6.07, 6.45) is 7.16. The van der Waals surface area contributed by atoms with Crippen LogP contribution in [0.5, 0.6) is 0 Å². The topological polar surface area (TPSA) is 26.0 Å². The number of allylic oxidation sites excluding steroid dienone is 4. The van der Waals surface area contributed by atoms with E-state index in [1.165, 1.54) is 11.8 Å². The van der Waals surface area contributed by atoms with Crippen molar-refractivity contribution in [1.82, 2.24) is 0 Å². The van der Waals surface area contributed by atoms with Gasteiger partial charge in [-0.05, 0) is 23.8 Å². The third-order valence-corrected chi connectivity index (χ3v) is 1.30. The van der Waals surface area contributed by atoms with E-state index in [0.717, 1.165) is 0 Å². The molecule has 0 atom stereocenters. The van der Waals surface area contributed by atoms with E-state index in [0.29, 0.717) is 5.92 Å². The molecule has 0 aliphatic heterocycles. The van der Waals surface area contributed by atoms with Gasteiger partial charge >= 0.3 is 0 Å². The van der Waals surface area contributed by atoms with Crippen LogP contribution in [0.2, 0.25) is 0 Å². The quantitative estimate of drug-likeness (QED) is 0.593. The Hall–Kier alpha value is -0.980. The van der Waals surface area contributed by atoms with Crippen LogP contribution in [0.3, 0.4) is 0 Å². The Morgan fingerprint density at radius 3 is 2.40 bits per heavy atom. The van der Waals surface area contributed by atoms with E-state index >= 15 is 0 Å².